The molecule has 0 aliphatic heterocycles. The van der Waals surface area contributed by atoms with Gasteiger partial charge in [-0.25, -0.2) is 0 Å². The average molecular weight is 314 g/mol. The lowest BCUT2D eigenvalue weighted by atomic mass is 10.0. The Hall–Kier alpha value is -1.87. The van der Waals surface area contributed by atoms with Gasteiger partial charge >= 0.3 is 0 Å². The third-order valence-electron chi connectivity index (χ3n) is 3.29. The molecule has 0 saturated heterocycles. The van der Waals surface area contributed by atoms with Crippen molar-refractivity contribution in [3.05, 3.63) is 68.8 Å². The molecule has 0 aliphatic rings. The van der Waals surface area contributed by atoms with Gasteiger partial charge in [-0.3, -0.25) is 4.79 Å². The second-order valence-electron chi connectivity index (χ2n) is 4.48. The highest BCUT2D eigenvalue weighted by Crippen LogP contribution is 2.25. The predicted molar refractivity (Wildman–Crippen MR) is 82.4 cm³/mol. The lowest BCUT2D eigenvalue weighted by Gasteiger charge is -2.09. The van der Waals surface area contributed by atoms with Gasteiger partial charge in [-0.2, -0.15) is 0 Å². The fraction of sp³-hybridized carbons (Fsp3) is 0.0625. The molecule has 0 atom stereocenters. The maximum absolute atomic E-state index is 12.4. The van der Waals surface area contributed by atoms with E-state index in [0.29, 0.717) is 5.39 Å². The van der Waals surface area contributed by atoms with Crippen LogP contribution >= 0.6 is 15.9 Å². The van der Waals surface area contributed by atoms with Crippen molar-refractivity contribution in [3.63, 3.8) is 0 Å². The largest absolute Gasteiger partial charge is 0.353 e. The first kappa shape index (κ1) is 12.2. The third-order valence-corrected chi connectivity index (χ3v) is 3.95. The van der Waals surface area contributed by atoms with Crippen LogP contribution in [0.15, 0.2) is 57.8 Å². The minimum absolute atomic E-state index is 0.0777. The molecule has 0 bridgehead atoms. The smallest absolute Gasteiger partial charge is 0.192 e. The molecule has 0 saturated carbocycles. The van der Waals surface area contributed by atoms with Gasteiger partial charge < -0.3 is 4.98 Å². The molecule has 1 heterocycles. The Morgan fingerprint density at radius 2 is 1.74 bits per heavy atom. The van der Waals surface area contributed by atoms with Crippen molar-refractivity contribution in [1.29, 1.82) is 0 Å². The number of H-pyrrole nitrogens is 1. The summed E-state index contributed by atoms with van der Waals surface area (Å²) in [6.07, 6.45) is 0. The highest BCUT2D eigenvalue weighted by molar-refractivity contribution is 9.10. The maximum atomic E-state index is 12.4. The van der Waals surface area contributed by atoms with Crippen LogP contribution in [-0.2, 0) is 0 Å². The summed E-state index contributed by atoms with van der Waals surface area (Å²) < 4.78 is 0.902. The number of fused-ring (bicyclic) bond motifs is 1. The Morgan fingerprint density at radius 1 is 1.00 bits per heavy atom. The molecule has 3 rings (SSSR count). The van der Waals surface area contributed by atoms with E-state index in [2.05, 4.69) is 20.9 Å². The second-order valence-corrected chi connectivity index (χ2v) is 5.34. The van der Waals surface area contributed by atoms with E-state index in [1.165, 1.54) is 0 Å². The molecule has 1 N–H and O–H groups in total. The maximum Gasteiger partial charge on any atom is 0.192 e. The van der Waals surface area contributed by atoms with Crippen molar-refractivity contribution >= 4 is 26.8 Å². The van der Waals surface area contributed by atoms with E-state index in [1.54, 1.807) is 0 Å². The minimum atomic E-state index is 0.0777. The minimum Gasteiger partial charge on any atom is -0.353 e. The Kier molecular flexibility index (Phi) is 2.99. The topological polar surface area (TPSA) is 32.9 Å². The number of hydrogen-bond donors (Lipinski definition) is 1. The SMILES string of the molecule is Cc1c(-c2ccccc2)[nH]c2c(Br)cccc2c1=O. The van der Waals surface area contributed by atoms with Gasteiger partial charge in [-0.1, -0.05) is 36.4 Å². The van der Waals surface area contributed by atoms with Gasteiger partial charge in [-0.15, -0.1) is 0 Å². The zero-order valence-corrected chi connectivity index (χ0v) is 12.0. The van der Waals surface area contributed by atoms with Crippen LogP contribution in [0.1, 0.15) is 5.56 Å². The van der Waals surface area contributed by atoms with Crippen LogP contribution in [0.3, 0.4) is 0 Å². The highest BCUT2D eigenvalue weighted by atomic mass is 79.9. The van der Waals surface area contributed by atoms with Crippen LogP contribution in [-0.4, -0.2) is 4.98 Å². The summed E-state index contributed by atoms with van der Waals surface area (Å²) in [5.41, 5.74) is 3.57. The van der Waals surface area contributed by atoms with Gasteiger partial charge in [0.15, 0.2) is 5.43 Å². The summed E-state index contributed by atoms with van der Waals surface area (Å²) in [4.78, 5) is 15.8. The number of benzene rings is 2. The van der Waals surface area contributed by atoms with Crippen molar-refractivity contribution < 1.29 is 0 Å². The van der Waals surface area contributed by atoms with E-state index in [1.807, 2.05) is 55.5 Å². The van der Waals surface area contributed by atoms with Crippen molar-refractivity contribution in [2.45, 2.75) is 6.92 Å². The third kappa shape index (κ3) is 2.00. The summed E-state index contributed by atoms with van der Waals surface area (Å²) in [6, 6.07) is 15.6. The molecule has 1 aromatic heterocycles. The van der Waals surface area contributed by atoms with Crippen LogP contribution in [0.4, 0.5) is 0 Å². The van der Waals surface area contributed by atoms with E-state index in [4.69, 9.17) is 0 Å². The molecule has 3 heteroatoms. The lowest BCUT2D eigenvalue weighted by Crippen LogP contribution is -2.09. The molecular formula is C16H12BrNO. The molecular weight excluding hydrogens is 302 g/mol. The molecule has 0 fully saturated rings. The van der Waals surface area contributed by atoms with Crippen LogP contribution in [0.5, 0.6) is 0 Å². The number of aromatic amines is 1. The molecule has 2 nitrogen and oxygen atoms in total. The Labute approximate surface area is 119 Å². The van der Waals surface area contributed by atoms with E-state index >= 15 is 0 Å². The lowest BCUT2D eigenvalue weighted by molar-refractivity contribution is 1.29. The Morgan fingerprint density at radius 3 is 2.47 bits per heavy atom. The van der Waals surface area contributed by atoms with E-state index in [0.717, 1.165) is 26.8 Å². The molecule has 19 heavy (non-hydrogen) atoms. The number of pyridine rings is 1. The number of hydrogen-bond acceptors (Lipinski definition) is 1. The van der Waals surface area contributed by atoms with E-state index in [9.17, 15) is 4.79 Å². The van der Waals surface area contributed by atoms with Gasteiger partial charge in [0.25, 0.3) is 0 Å². The molecule has 0 amide bonds. The molecule has 0 unspecified atom stereocenters. The monoisotopic (exact) mass is 313 g/mol. The first-order valence-corrected chi connectivity index (χ1v) is 6.84. The number of para-hydroxylation sites is 1. The highest BCUT2D eigenvalue weighted by Gasteiger charge is 2.11. The van der Waals surface area contributed by atoms with Crippen LogP contribution in [0, 0.1) is 6.92 Å². The fourth-order valence-electron chi connectivity index (χ4n) is 2.27. The van der Waals surface area contributed by atoms with Gasteiger partial charge in [0, 0.05) is 15.4 Å². The molecule has 3 aromatic rings. The second kappa shape index (κ2) is 4.67. The van der Waals surface area contributed by atoms with Gasteiger partial charge in [0.2, 0.25) is 0 Å². The summed E-state index contributed by atoms with van der Waals surface area (Å²) in [5, 5.41) is 0.714. The molecule has 2 aromatic carbocycles. The van der Waals surface area contributed by atoms with Crippen molar-refractivity contribution in [3.8, 4) is 11.3 Å². The molecule has 0 spiro atoms. The summed E-state index contributed by atoms with van der Waals surface area (Å²) in [6.45, 7) is 1.86. The fourth-order valence-corrected chi connectivity index (χ4v) is 2.73. The van der Waals surface area contributed by atoms with Gasteiger partial charge in [0.1, 0.15) is 0 Å². The quantitative estimate of drug-likeness (QED) is 0.715. The summed E-state index contributed by atoms with van der Waals surface area (Å²) >= 11 is 3.49. The first-order chi connectivity index (χ1) is 9.18. The van der Waals surface area contributed by atoms with Crippen molar-refractivity contribution in [2.75, 3.05) is 0 Å². The van der Waals surface area contributed by atoms with Crippen LogP contribution in [0.25, 0.3) is 22.2 Å². The van der Waals surface area contributed by atoms with Crippen molar-refractivity contribution in [2.24, 2.45) is 0 Å². The molecule has 0 radical (unpaired) electrons. The van der Waals surface area contributed by atoms with Crippen LogP contribution in [0.2, 0.25) is 0 Å². The normalized spacial score (nSPS) is 10.8. The zero-order valence-electron chi connectivity index (χ0n) is 10.4. The number of nitrogens with one attached hydrogen (secondary N) is 1. The van der Waals surface area contributed by atoms with Gasteiger partial charge in [0.05, 0.1) is 11.2 Å². The summed E-state index contributed by atoms with van der Waals surface area (Å²) in [5.74, 6) is 0. The number of rotatable bonds is 1. The first-order valence-electron chi connectivity index (χ1n) is 6.05. The zero-order chi connectivity index (χ0) is 13.4. The van der Waals surface area contributed by atoms with E-state index in [-0.39, 0.29) is 5.43 Å². The molecule has 94 valence electrons. The predicted octanol–water partition coefficient (Wildman–Crippen LogP) is 4.27. The number of aromatic nitrogens is 1. The standard InChI is InChI=1S/C16H12BrNO/c1-10-14(11-6-3-2-4-7-11)18-15-12(16(10)19)8-5-9-13(15)17/h2-9H,1H3,(H,18,19). The molecule has 0 aliphatic carbocycles. The van der Waals surface area contributed by atoms with Crippen molar-refractivity contribution in [1.82, 2.24) is 4.98 Å². The Bertz CT molecular complexity index is 806. The summed E-state index contributed by atoms with van der Waals surface area (Å²) in [7, 11) is 0. The van der Waals surface area contributed by atoms with Gasteiger partial charge in [-0.05, 0) is 40.5 Å². The Balaban J connectivity index is 2.42. The number of halogens is 1. The average Bonchev–Trinajstić information content (AvgIpc) is 2.44. The van der Waals surface area contributed by atoms with Crippen LogP contribution < -0.4 is 5.43 Å². The van der Waals surface area contributed by atoms with E-state index < -0.39 is 0 Å².